The van der Waals surface area contributed by atoms with Crippen LogP contribution in [0.1, 0.15) is 50.2 Å². The molecule has 2 aliphatic rings. The SMILES string of the molecule is O=C(NCC1CCCOC1c1ccccc1)NC1CCC(O)CC1. The number of carbonyl (C=O) groups excluding carboxylic acids is 1. The molecule has 3 rings (SSSR count). The number of ether oxygens (including phenoxy) is 1. The molecule has 0 aromatic heterocycles. The summed E-state index contributed by atoms with van der Waals surface area (Å²) in [6.45, 7) is 1.41. The molecule has 1 aliphatic carbocycles. The third kappa shape index (κ3) is 4.71. The molecule has 0 spiro atoms. The third-order valence-electron chi connectivity index (χ3n) is 5.13. The number of aliphatic hydroxyl groups excluding tert-OH is 1. The first-order valence-corrected chi connectivity index (χ1v) is 9.11. The first-order valence-electron chi connectivity index (χ1n) is 9.11. The van der Waals surface area contributed by atoms with E-state index >= 15 is 0 Å². The number of amides is 2. The van der Waals surface area contributed by atoms with E-state index in [1.54, 1.807) is 0 Å². The molecule has 24 heavy (non-hydrogen) atoms. The first kappa shape index (κ1) is 17.2. The van der Waals surface area contributed by atoms with Gasteiger partial charge in [-0.05, 0) is 44.1 Å². The van der Waals surface area contributed by atoms with E-state index < -0.39 is 0 Å². The van der Waals surface area contributed by atoms with Crippen molar-refractivity contribution in [3.63, 3.8) is 0 Å². The summed E-state index contributed by atoms with van der Waals surface area (Å²) in [6.07, 6.45) is 5.23. The molecule has 1 aromatic rings. The normalized spacial score (nSPS) is 30.5. The van der Waals surface area contributed by atoms with Crippen LogP contribution >= 0.6 is 0 Å². The zero-order valence-electron chi connectivity index (χ0n) is 14.1. The number of aliphatic hydroxyl groups is 1. The maximum absolute atomic E-state index is 12.2. The summed E-state index contributed by atoms with van der Waals surface area (Å²) in [6, 6.07) is 10.3. The molecule has 132 valence electrons. The first-order chi connectivity index (χ1) is 11.7. The van der Waals surface area contributed by atoms with E-state index in [1.165, 1.54) is 5.56 Å². The fourth-order valence-electron chi connectivity index (χ4n) is 3.74. The molecule has 0 radical (unpaired) electrons. The molecule has 5 nitrogen and oxygen atoms in total. The van der Waals surface area contributed by atoms with E-state index in [4.69, 9.17) is 4.74 Å². The average Bonchev–Trinajstić information content (AvgIpc) is 2.63. The molecular weight excluding hydrogens is 304 g/mol. The van der Waals surface area contributed by atoms with Gasteiger partial charge in [-0.3, -0.25) is 0 Å². The van der Waals surface area contributed by atoms with Crippen LogP contribution in [0.5, 0.6) is 0 Å². The van der Waals surface area contributed by atoms with Gasteiger partial charge >= 0.3 is 6.03 Å². The van der Waals surface area contributed by atoms with Crippen molar-refractivity contribution in [2.24, 2.45) is 5.92 Å². The average molecular weight is 332 g/mol. The number of hydrogen-bond acceptors (Lipinski definition) is 3. The van der Waals surface area contributed by atoms with E-state index in [2.05, 4.69) is 22.8 Å². The number of hydrogen-bond donors (Lipinski definition) is 3. The second-order valence-electron chi connectivity index (χ2n) is 6.96. The number of nitrogens with one attached hydrogen (secondary N) is 2. The predicted molar refractivity (Wildman–Crippen MR) is 92.7 cm³/mol. The van der Waals surface area contributed by atoms with Crippen LogP contribution in [-0.4, -0.2) is 36.4 Å². The van der Waals surface area contributed by atoms with Gasteiger partial charge in [0.25, 0.3) is 0 Å². The summed E-state index contributed by atoms with van der Waals surface area (Å²) in [5.74, 6) is 0.306. The van der Waals surface area contributed by atoms with Gasteiger partial charge in [-0.25, -0.2) is 4.79 Å². The Hall–Kier alpha value is -1.59. The smallest absolute Gasteiger partial charge is 0.315 e. The van der Waals surface area contributed by atoms with E-state index in [-0.39, 0.29) is 24.3 Å². The van der Waals surface area contributed by atoms with Gasteiger partial charge in [-0.15, -0.1) is 0 Å². The maximum atomic E-state index is 12.2. The number of urea groups is 1. The Bertz CT molecular complexity index is 515. The highest BCUT2D eigenvalue weighted by Gasteiger charge is 2.28. The second-order valence-corrected chi connectivity index (χ2v) is 6.96. The fraction of sp³-hybridized carbons (Fsp3) is 0.632. The van der Waals surface area contributed by atoms with E-state index in [0.29, 0.717) is 12.5 Å². The lowest BCUT2D eigenvalue weighted by Gasteiger charge is -2.32. The van der Waals surface area contributed by atoms with Crippen LogP contribution in [-0.2, 0) is 4.74 Å². The monoisotopic (exact) mass is 332 g/mol. The quantitative estimate of drug-likeness (QED) is 0.794. The van der Waals surface area contributed by atoms with Gasteiger partial charge < -0.3 is 20.5 Å². The van der Waals surface area contributed by atoms with Crippen molar-refractivity contribution in [1.82, 2.24) is 10.6 Å². The van der Waals surface area contributed by atoms with Crippen LogP contribution in [0.3, 0.4) is 0 Å². The van der Waals surface area contributed by atoms with Crippen LogP contribution in [0.15, 0.2) is 30.3 Å². The number of benzene rings is 1. The maximum Gasteiger partial charge on any atom is 0.315 e. The minimum Gasteiger partial charge on any atom is -0.393 e. The topological polar surface area (TPSA) is 70.6 Å². The van der Waals surface area contributed by atoms with Crippen molar-refractivity contribution in [1.29, 1.82) is 0 Å². The Labute approximate surface area is 143 Å². The Balaban J connectivity index is 1.48. The van der Waals surface area contributed by atoms with Crippen LogP contribution in [0.4, 0.5) is 4.79 Å². The third-order valence-corrected chi connectivity index (χ3v) is 5.13. The van der Waals surface area contributed by atoms with Crippen molar-refractivity contribution in [2.75, 3.05) is 13.2 Å². The summed E-state index contributed by atoms with van der Waals surface area (Å²) in [4.78, 5) is 12.2. The Morgan fingerprint density at radius 3 is 2.62 bits per heavy atom. The zero-order valence-corrected chi connectivity index (χ0v) is 14.1. The Morgan fingerprint density at radius 2 is 1.88 bits per heavy atom. The molecule has 1 saturated heterocycles. The fourth-order valence-corrected chi connectivity index (χ4v) is 3.74. The lowest BCUT2D eigenvalue weighted by molar-refractivity contribution is -0.0269. The Kier molecular flexibility index (Phi) is 6.10. The van der Waals surface area contributed by atoms with Gasteiger partial charge in [0, 0.05) is 25.1 Å². The van der Waals surface area contributed by atoms with Crippen molar-refractivity contribution < 1.29 is 14.6 Å². The minimum absolute atomic E-state index is 0.0603. The summed E-state index contributed by atoms with van der Waals surface area (Å²) in [7, 11) is 0. The zero-order chi connectivity index (χ0) is 16.8. The van der Waals surface area contributed by atoms with Gasteiger partial charge in [0.15, 0.2) is 0 Å². The van der Waals surface area contributed by atoms with E-state index in [9.17, 15) is 9.90 Å². The highest BCUT2D eigenvalue weighted by atomic mass is 16.5. The summed E-state index contributed by atoms with van der Waals surface area (Å²) >= 11 is 0. The lowest BCUT2D eigenvalue weighted by atomic mass is 9.89. The molecular formula is C19H28N2O3. The summed E-state index contributed by atoms with van der Waals surface area (Å²) < 4.78 is 5.97. The molecule has 2 unspecified atom stereocenters. The highest BCUT2D eigenvalue weighted by Crippen LogP contribution is 2.33. The van der Waals surface area contributed by atoms with Crippen LogP contribution < -0.4 is 10.6 Å². The van der Waals surface area contributed by atoms with Crippen LogP contribution in [0, 0.1) is 5.92 Å². The van der Waals surface area contributed by atoms with Gasteiger partial charge in [-0.1, -0.05) is 30.3 Å². The van der Waals surface area contributed by atoms with Crippen molar-refractivity contribution >= 4 is 6.03 Å². The number of rotatable bonds is 4. The molecule has 1 heterocycles. The lowest BCUT2D eigenvalue weighted by Crippen LogP contribution is -2.46. The molecule has 5 heteroatoms. The van der Waals surface area contributed by atoms with Gasteiger partial charge in [0.1, 0.15) is 0 Å². The van der Waals surface area contributed by atoms with Crippen molar-refractivity contribution in [2.45, 2.75) is 56.8 Å². The Morgan fingerprint density at radius 1 is 1.12 bits per heavy atom. The molecule has 1 saturated carbocycles. The standard InChI is InChI=1S/C19H28N2O3/c22-17-10-8-16(9-11-17)21-19(23)20-13-15-7-4-12-24-18(15)14-5-2-1-3-6-14/h1-3,5-6,15-18,22H,4,7-13H2,(H2,20,21,23). The van der Waals surface area contributed by atoms with Crippen molar-refractivity contribution in [3.8, 4) is 0 Å². The summed E-state index contributed by atoms with van der Waals surface area (Å²) in [5, 5.41) is 15.6. The summed E-state index contributed by atoms with van der Waals surface area (Å²) in [5.41, 5.74) is 1.19. The molecule has 2 amide bonds. The van der Waals surface area contributed by atoms with Crippen LogP contribution in [0.25, 0.3) is 0 Å². The van der Waals surface area contributed by atoms with E-state index in [0.717, 1.165) is 45.1 Å². The molecule has 1 aromatic carbocycles. The minimum atomic E-state index is -0.197. The molecule has 2 atom stereocenters. The largest absolute Gasteiger partial charge is 0.393 e. The highest BCUT2D eigenvalue weighted by molar-refractivity contribution is 5.74. The predicted octanol–water partition coefficient (Wildman–Crippen LogP) is 2.76. The van der Waals surface area contributed by atoms with Crippen LogP contribution in [0.2, 0.25) is 0 Å². The van der Waals surface area contributed by atoms with Gasteiger partial charge in [0.2, 0.25) is 0 Å². The molecule has 2 fully saturated rings. The molecule has 0 bridgehead atoms. The molecule has 1 aliphatic heterocycles. The second kappa shape index (κ2) is 8.49. The van der Waals surface area contributed by atoms with Gasteiger partial charge in [-0.2, -0.15) is 0 Å². The van der Waals surface area contributed by atoms with Crippen molar-refractivity contribution in [3.05, 3.63) is 35.9 Å². The molecule has 3 N–H and O–H groups in total. The van der Waals surface area contributed by atoms with E-state index in [1.807, 2.05) is 18.2 Å². The number of carbonyl (C=O) groups is 1. The van der Waals surface area contributed by atoms with Gasteiger partial charge in [0.05, 0.1) is 12.2 Å².